The van der Waals surface area contributed by atoms with Crippen LogP contribution in [0.5, 0.6) is 5.75 Å². The maximum absolute atomic E-state index is 12.2. The number of rotatable bonds is 5. The maximum atomic E-state index is 12.2. The van der Waals surface area contributed by atoms with Gasteiger partial charge in [-0.15, -0.1) is 0 Å². The molecule has 2 nitrogen and oxygen atoms in total. The molecule has 0 spiro atoms. The van der Waals surface area contributed by atoms with Gasteiger partial charge in [0.05, 0.1) is 0 Å². The van der Waals surface area contributed by atoms with Crippen LogP contribution in [0.2, 0.25) is 0 Å². The van der Waals surface area contributed by atoms with E-state index in [1.54, 1.807) is 18.2 Å². The van der Waals surface area contributed by atoms with E-state index in [0.717, 1.165) is 22.9 Å². The fourth-order valence-electron chi connectivity index (χ4n) is 2.37. The van der Waals surface area contributed by atoms with Gasteiger partial charge in [0.15, 0.2) is 6.61 Å². The number of nitrogens with one attached hydrogen (secondary N) is 1. The van der Waals surface area contributed by atoms with Crippen LogP contribution in [-0.4, -0.2) is 18.8 Å². The lowest BCUT2D eigenvalue weighted by Crippen LogP contribution is -2.26. The average molecular weight is 352 g/mol. The summed E-state index contributed by atoms with van der Waals surface area (Å²) in [6, 6.07) is 5.52. The minimum absolute atomic E-state index is 0.288. The van der Waals surface area contributed by atoms with Crippen molar-refractivity contribution in [2.75, 3.05) is 6.61 Å². The van der Waals surface area contributed by atoms with Gasteiger partial charge in [-0.3, -0.25) is 0 Å². The zero-order valence-corrected chi connectivity index (χ0v) is 12.6. The SMILES string of the molecule is FC(F)(F)COc1ccc(Br)cc1CNC1CCCC1. The first kappa shape index (κ1) is 15.6. The molecule has 0 heterocycles. The molecule has 20 heavy (non-hydrogen) atoms. The molecule has 1 aliphatic rings. The minimum Gasteiger partial charge on any atom is -0.484 e. The fraction of sp³-hybridized carbons (Fsp3) is 0.571. The average Bonchev–Trinajstić information content (AvgIpc) is 2.87. The van der Waals surface area contributed by atoms with Crippen LogP contribution in [0.25, 0.3) is 0 Å². The van der Waals surface area contributed by atoms with Crippen molar-refractivity contribution in [2.45, 2.75) is 44.4 Å². The summed E-state index contributed by atoms with van der Waals surface area (Å²) in [4.78, 5) is 0. The van der Waals surface area contributed by atoms with Gasteiger partial charge in [-0.1, -0.05) is 28.8 Å². The molecule has 1 N–H and O–H groups in total. The van der Waals surface area contributed by atoms with Crippen LogP contribution in [0.15, 0.2) is 22.7 Å². The number of hydrogen-bond donors (Lipinski definition) is 1. The van der Waals surface area contributed by atoms with Crippen molar-refractivity contribution in [2.24, 2.45) is 0 Å². The van der Waals surface area contributed by atoms with Gasteiger partial charge in [0, 0.05) is 22.6 Å². The molecule has 0 atom stereocenters. The summed E-state index contributed by atoms with van der Waals surface area (Å²) in [5, 5.41) is 3.38. The first-order chi connectivity index (χ1) is 9.44. The Hall–Kier alpha value is -0.750. The van der Waals surface area contributed by atoms with Crippen molar-refractivity contribution in [1.82, 2.24) is 5.32 Å². The van der Waals surface area contributed by atoms with Gasteiger partial charge in [-0.2, -0.15) is 13.2 Å². The van der Waals surface area contributed by atoms with Gasteiger partial charge in [0.25, 0.3) is 0 Å². The lowest BCUT2D eigenvalue weighted by atomic mass is 10.1. The second-order valence-electron chi connectivity index (χ2n) is 5.02. The molecule has 112 valence electrons. The number of halogens is 4. The molecular formula is C14H17BrF3NO. The molecule has 1 aromatic carbocycles. The Morgan fingerprint density at radius 2 is 1.95 bits per heavy atom. The molecule has 0 bridgehead atoms. The van der Waals surface area contributed by atoms with Gasteiger partial charge in [0.2, 0.25) is 0 Å². The second kappa shape index (κ2) is 6.80. The Labute approximate surface area is 124 Å². The summed E-state index contributed by atoms with van der Waals surface area (Å²) in [7, 11) is 0. The highest BCUT2D eigenvalue weighted by atomic mass is 79.9. The molecule has 0 aliphatic heterocycles. The van der Waals surface area contributed by atoms with Crippen molar-refractivity contribution in [3.63, 3.8) is 0 Å². The Bertz CT molecular complexity index is 445. The molecule has 0 aromatic heterocycles. The van der Waals surface area contributed by atoms with Crippen molar-refractivity contribution >= 4 is 15.9 Å². The Morgan fingerprint density at radius 1 is 1.25 bits per heavy atom. The Kier molecular flexibility index (Phi) is 5.32. The first-order valence-electron chi connectivity index (χ1n) is 6.65. The highest BCUT2D eigenvalue weighted by Gasteiger charge is 2.28. The number of benzene rings is 1. The summed E-state index contributed by atoms with van der Waals surface area (Å²) in [5.41, 5.74) is 0.746. The molecule has 0 unspecified atom stereocenters. The summed E-state index contributed by atoms with van der Waals surface area (Å²) < 4.78 is 42.4. The van der Waals surface area contributed by atoms with Gasteiger partial charge in [-0.05, 0) is 31.0 Å². The predicted molar refractivity (Wildman–Crippen MR) is 74.8 cm³/mol. The van der Waals surface area contributed by atoms with E-state index >= 15 is 0 Å². The molecule has 1 fully saturated rings. The van der Waals surface area contributed by atoms with E-state index in [-0.39, 0.29) is 5.75 Å². The van der Waals surface area contributed by atoms with Crippen molar-refractivity contribution in [3.8, 4) is 5.75 Å². The molecule has 0 amide bonds. The van der Waals surface area contributed by atoms with E-state index in [1.807, 2.05) is 0 Å². The molecule has 0 radical (unpaired) electrons. The Morgan fingerprint density at radius 3 is 2.60 bits per heavy atom. The van der Waals surface area contributed by atoms with E-state index in [4.69, 9.17) is 4.74 Å². The van der Waals surface area contributed by atoms with E-state index in [2.05, 4.69) is 21.2 Å². The summed E-state index contributed by atoms with van der Waals surface area (Å²) in [5.74, 6) is 0.288. The Balaban J connectivity index is 1.99. The molecule has 0 saturated heterocycles. The molecular weight excluding hydrogens is 335 g/mol. The fourth-order valence-corrected chi connectivity index (χ4v) is 2.78. The minimum atomic E-state index is -4.32. The van der Waals surface area contributed by atoms with E-state index < -0.39 is 12.8 Å². The van der Waals surface area contributed by atoms with Crippen LogP contribution in [0.1, 0.15) is 31.2 Å². The van der Waals surface area contributed by atoms with Crippen molar-refractivity contribution in [3.05, 3.63) is 28.2 Å². The summed E-state index contributed by atoms with van der Waals surface area (Å²) in [6.45, 7) is -0.734. The third-order valence-corrected chi connectivity index (χ3v) is 3.84. The molecule has 1 saturated carbocycles. The number of hydrogen-bond acceptors (Lipinski definition) is 2. The quantitative estimate of drug-likeness (QED) is 0.847. The van der Waals surface area contributed by atoms with E-state index in [9.17, 15) is 13.2 Å². The van der Waals surface area contributed by atoms with Crippen LogP contribution in [0.3, 0.4) is 0 Å². The summed E-state index contributed by atoms with van der Waals surface area (Å²) in [6.07, 6.45) is 0.379. The standard InChI is InChI=1S/C14H17BrF3NO/c15-11-5-6-13(20-9-14(16,17)18)10(7-11)8-19-12-3-1-2-4-12/h5-7,12,19H,1-4,8-9H2. The van der Waals surface area contributed by atoms with Crippen LogP contribution >= 0.6 is 15.9 Å². The largest absolute Gasteiger partial charge is 0.484 e. The topological polar surface area (TPSA) is 21.3 Å². The van der Waals surface area contributed by atoms with Gasteiger partial charge < -0.3 is 10.1 Å². The van der Waals surface area contributed by atoms with Crippen molar-refractivity contribution < 1.29 is 17.9 Å². The normalized spacial score (nSPS) is 16.6. The second-order valence-corrected chi connectivity index (χ2v) is 5.93. The van der Waals surface area contributed by atoms with Gasteiger partial charge in [-0.25, -0.2) is 0 Å². The lowest BCUT2D eigenvalue weighted by molar-refractivity contribution is -0.153. The van der Waals surface area contributed by atoms with Crippen LogP contribution < -0.4 is 10.1 Å². The van der Waals surface area contributed by atoms with E-state index in [0.29, 0.717) is 12.6 Å². The smallest absolute Gasteiger partial charge is 0.422 e. The highest BCUT2D eigenvalue weighted by molar-refractivity contribution is 9.10. The highest BCUT2D eigenvalue weighted by Crippen LogP contribution is 2.26. The van der Waals surface area contributed by atoms with Crippen LogP contribution in [0.4, 0.5) is 13.2 Å². The molecule has 6 heteroatoms. The molecule has 2 rings (SSSR count). The van der Waals surface area contributed by atoms with Crippen LogP contribution in [0, 0.1) is 0 Å². The molecule has 1 aromatic rings. The first-order valence-corrected chi connectivity index (χ1v) is 7.45. The van der Waals surface area contributed by atoms with E-state index in [1.165, 1.54) is 12.8 Å². The van der Waals surface area contributed by atoms with Gasteiger partial charge >= 0.3 is 6.18 Å². The maximum Gasteiger partial charge on any atom is 0.422 e. The number of ether oxygens (including phenoxy) is 1. The lowest BCUT2D eigenvalue weighted by Gasteiger charge is -2.16. The van der Waals surface area contributed by atoms with Crippen molar-refractivity contribution in [1.29, 1.82) is 0 Å². The van der Waals surface area contributed by atoms with Crippen LogP contribution in [-0.2, 0) is 6.54 Å². The van der Waals surface area contributed by atoms with Gasteiger partial charge in [0.1, 0.15) is 5.75 Å². The monoisotopic (exact) mass is 351 g/mol. The zero-order valence-electron chi connectivity index (χ0n) is 11.0. The zero-order chi connectivity index (χ0) is 14.6. The number of alkyl halides is 3. The molecule has 1 aliphatic carbocycles. The summed E-state index contributed by atoms with van der Waals surface area (Å²) >= 11 is 3.33. The third-order valence-electron chi connectivity index (χ3n) is 3.35. The predicted octanol–water partition coefficient (Wildman–Crippen LogP) is 4.42. The third kappa shape index (κ3) is 4.98.